The Balaban J connectivity index is 1.88. The summed E-state index contributed by atoms with van der Waals surface area (Å²) < 4.78 is 4.69. The van der Waals surface area contributed by atoms with Gasteiger partial charge in [-0.05, 0) is 49.7 Å². The number of carbonyl (C=O) groups is 3. The van der Waals surface area contributed by atoms with E-state index in [0.29, 0.717) is 6.42 Å². The van der Waals surface area contributed by atoms with Gasteiger partial charge in [-0.1, -0.05) is 57.7 Å². The highest BCUT2D eigenvalue weighted by Gasteiger charge is 2.77. The molecule has 212 valence electrons. The van der Waals surface area contributed by atoms with Gasteiger partial charge in [0.25, 0.3) is 5.91 Å². The van der Waals surface area contributed by atoms with E-state index in [4.69, 9.17) is 4.74 Å². The number of hydrogen-bond acceptors (Lipinski definition) is 6. The van der Waals surface area contributed by atoms with Crippen LogP contribution in [0, 0.1) is 37.5 Å². The standard InChI is InChI=1S/C31H42N2O5S/c1-8-13-32(26-19(5)11-10-12-20(26)6)29(36)27-31-21(7)16-23(39-31)24(30(37)38-14-9-2)25(31)28(35)33(27)22(17-34)15-18(3)4/h8-12,18,21-25,27,34H,1-2,13-17H2,3-7H3/t21?,22-,23-,24+,25+,27?,31?/m1/s1. The molecule has 8 heteroatoms. The first kappa shape index (κ1) is 29.4. The fraction of sp³-hybridized carbons (Fsp3) is 0.581. The van der Waals surface area contributed by atoms with E-state index in [9.17, 15) is 19.5 Å². The van der Waals surface area contributed by atoms with Crippen LogP contribution in [0.15, 0.2) is 43.5 Å². The Morgan fingerprint density at radius 1 is 1.26 bits per heavy atom. The number of carbonyl (C=O) groups excluding carboxylic acids is 3. The smallest absolute Gasteiger partial charge is 0.311 e. The predicted octanol–water partition coefficient (Wildman–Crippen LogP) is 4.30. The fourth-order valence-electron chi connectivity index (χ4n) is 7.26. The number of anilines is 1. The van der Waals surface area contributed by atoms with Gasteiger partial charge in [0.15, 0.2) is 0 Å². The van der Waals surface area contributed by atoms with E-state index in [2.05, 4.69) is 20.1 Å². The summed E-state index contributed by atoms with van der Waals surface area (Å²) in [5, 5.41) is 10.4. The van der Waals surface area contributed by atoms with Gasteiger partial charge in [-0.15, -0.1) is 18.3 Å². The number of ether oxygens (including phenoxy) is 1. The number of esters is 1. The molecule has 7 atom stereocenters. The van der Waals surface area contributed by atoms with Crippen molar-refractivity contribution in [1.29, 1.82) is 0 Å². The minimum Gasteiger partial charge on any atom is -0.461 e. The lowest BCUT2D eigenvalue weighted by atomic mass is 9.66. The molecule has 3 fully saturated rings. The molecule has 1 aromatic rings. The highest BCUT2D eigenvalue weighted by Crippen LogP contribution is 2.69. The molecular formula is C31H42N2O5S. The molecule has 3 saturated heterocycles. The first-order chi connectivity index (χ1) is 18.5. The van der Waals surface area contributed by atoms with Crippen molar-refractivity contribution < 1.29 is 24.2 Å². The third-order valence-electron chi connectivity index (χ3n) is 8.67. The zero-order chi connectivity index (χ0) is 28.6. The summed E-state index contributed by atoms with van der Waals surface area (Å²) in [6.45, 7) is 17.8. The molecule has 3 heterocycles. The molecule has 1 aromatic carbocycles. The minimum absolute atomic E-state index is 0.0193. The molecule has 0 aromatic heterocycles. The van der Waals surface area contributed by atoms with Gasteiger partial charge in [-0.3, -0.25) is 14.4 Å². The Morgan fingerprint density at radius 3 is 2.49 bits per heavy atom. The fourth-order valence-corrected chi connectivity index (χ4v) is 9.65. The number of amides is 2. The number of aliphatic hydroxyl groups excluding tert-OH is 1. The molecule has 2 bridgehead atoms. The lowest BCUT2D eigenvalue weighted by Crippen LogP contribution is -2.59. The second kappa shape index (κ2) is 11.5. The quantitative estimate of drug-likeness (QED) is 0.324. The highest BCUT2D eigenvalue weighted by atomic mass is 32.2. The van der Waals surface area contributed by atoms with Crippen molar-refractivity contribution in [3.8, 4) is 0 Å². The van der Waals surface area contributed by atoms with Gasteiger partial charge in [-0.25, -0.2) is 0 Å². The second-order valence-electron chi connectivity index (χ2n) is 11.7. The number of fused-ring (bicyclic) bond motifs is 1. The molecule has 1 spiro atoms. The zero-order valence-electron chi connectivity index (χ0n) is 23.8. The van der Waals surface area contributed by atoms with Crippen LogP contribution in [-0.2, 0) is 19.1 Å². The van der Waals surface area contributed by atoms with E-state index in [1.165, 1.54) is 6.08 Å². The monoisotopic (exact) mass is 554 g/mol. The number of likely N-dealkylation sites (tertiary alicyclic amines) is 1. The van der Waals surface area contributed by atoms with Gasteiger partial charge < -0.3 is 19.6 Å². The van der Waals surface area contributed by atoms with Crippen molar-refractivity contribution in [3.05, 3.63) is 54.6 Å². The molecule has 0 aliphatic carbocycles. The second-order valence-corrected chi connectivity index (χ2v) is 13.2. The van der Waals surface area contributed by atoms with Gasteiger partial charge in [0.05, 0.1) is 29.2 Å². The maximum Gasteiger partial charge on any atom is 0.311 e. The van der Waals surface area contributed by atoms with E-state index in [1.54, 1.807) is 27.6 Å². The minimum atomic E-state index is -0.827. The Labute approximate surface area is 236 Å². The summed E-state index contributed by atoms with van der Waals surface area (Å²) in [6, 6.07) is 4.55. The number of aliphatic hydroxyl groups is 1. The van der Waals surface area contributed by atoms with Crippen LogP contribution in [0.3, 0.4) is 0 Å². The lowest BCUT2D eigenvalue weighted by Gasteiger charge is -2.42. The number of rotatable bonds is 11. The summed E-state index contributed by atoms with van der Waals surface area (Å²) >= 11 is 1.61. The van der Waals surface area contributed by atoms with Gasteiger partial charge in [0.2, 0.25) is 5.91 Å². The first-order valence-corrected chi connectivity index (χ1v) is 14.8. The van der Waals surface area contributed by atoms with E-state index in [0.717, 1.165) is 23.2 Å². The molecule has 0 saturated carbocycles. The Kier molecular flexibility index (Phi) is 8.67. The molecule has 3 unspecified atom stereocenters. The van der Waals surface area contributed by atoms with Gasteiger partial charge in [0.1, 0.15) is 12.6 Å². The third-order valence-corrected chi connectivity index (χ3v) is 10.7. The van der Waals surface area contributed by atoms with Crippen molar-refractivity contribution in [2.24, 2.45) is 23.7 Å². The van der Waals surface area contributed by atoms with Crippen molar-refractivity contribution in [3.63, 3.8) is 0 Å². The van der Waals surface area contributed by atoms with E-state index in [-0.39, 0.29) is 48.7 Å². The number of aryl methyl sites for hydroxylation is 2. The average molecular weight is 555 g/mol. The first-order valence-electron chi connectivity index (χ1n) is 13.9. The van der Waals surface area contributed by atoms with Crippen molar-refractivity contribution in [2.45, 2.75) is 69.5 Å². The maximum absolute atomic E-state index is 14.9. The number of benzene rings is 1. The maximum atomic E-state index is 14.9. The zero-order valence-corrected chi connectivity index (χ0v) is 24.6. The topological polar surface area (TPSA) is 87.1 Å². The van der Waals surface area contributed by atoms with Crippen LogP contribution in [0.4, 0.5) is 5.69 Å². The molecule has 4 rings (SSSR count). The Hall–Kier alpha value is -2.58. The normalized spacial score (nSPS) is 29.9. The summed E-state index contributed by atoms with van der Waals surface area (Å²) in [7, 11) is 0. The summed E-state index contributed by atoms with van der Waals surface area (Å²) in [6.07, 6.45) is 4.50. The number of para-hydroxylation sites is 1. The lowest BCUT2D eigenvalue weighted by molar-refractivity contribution is -0.154. The molecule has 1 N–H and O–H groups in total. The number of nitrogens with zero attached hydrogens (tertiary/aromatic N) is 2. The van der Waals surface area contributed by atoms with Crippen LogP contribution in [0.1, 0.15) is 44.7 Å². The largest absolute Gasteiger partial charge is 0.461 e. The number of thioether (sulfide) groups is 1. The van der Waals surface area contributed by atoms with Crippen molar-refractivity contribution >= 4 is 35.2 Å². The van der Waals surface area contributed by atoms with Crippen LogP contribution in [0.2, 0.25) is 0 Å². The van der Waals surface area contributed by atoms with Gasteiger partial charge in [-0.2, -0.15) is 0 Å². The molecule has 39 heavy (non-hydrogen) atoms. The molecule has 0 radical (unpaired) electrons. The van der Waals surface area contributed by atoms with Crippen LogP contribution in [0.5, 0.6) is 0 Å². The molecular weight excluding hydrogens is 512 g/mol. The van der Waals surface area contributed by atoms with Crippen LogP contribution >= 0.6 is 11.8 Å². The molecule has 3 aliphatic heterocycles. The van der Waals surface area contributed by atoms with Crippen LogP contribution in [-0.4, -0.2) is 69.6 Å². The summed E-state index contributed by atoms with van der Waals surface area (Å²) in [5.74, 6) is -1.93. The van der Waals surface area contributed by atoms with Crippen LogP contribution < -0.4 is 4.90 Å². The average Bonchev–Trinajstić information content (AvgIpc) is 3.48. The molecule has 3 aliphatic rings. The van der Waals surface area contributed by atoms with Crippen molar-refractivity contribution in [2.75, 3.05) is 24.7 Å². The summed E-state index contributed by atoms with van der Waals surface area (Å²) in [4.78, 5) is 46.0. The van der Waals surface area contributed by atoms with E-state index in [1.807, 2.05) is 45.9 Å². The van der Waals surface area contributed by atoms with Gasteiger partial charge in [0, 0.05) is 17.5 Å². The molecule has 2 amide bonds. The Bertz CT molecular complexity index is 1130. The third kappa shape index (κ3) is 4.73. The number of hydrogen-bond donors (Lipinski definition) is 1. The predicted molar refractivity (Wildman–Crippen MR) is 155 cm³/mol. The van der Waals surface area contributed by atoms with Crippen LogP contribution in [0.25, 0.3) is 0 Å². The Morgan fingerprint density at radius 2 is 1.92 bits per heavy atom. The van der Waals surface area contributed by atoms with E-state index < -0.39 is 34.6 Å². The SMILES string of the molecule is C=CCOC(=O)[C@@H]1[C@H]2C(=O)N([C@@H](CO)CC(C)C)C(C(=O)N(CC=C)c3c(C)cccc3C)C23S[C@@H]1CC3C. The highest BCUT2D eigenvalue weighted by molar-refractivity contribution is 8.02. The van der Waals surface area contributed by atoms with Gasteiger partial charge >= 0.3 is 5.97 Å². The van der Waals surface area contributed by atoms with E-state index >= 15 is 0 Å². The van der Waals surface area contributed by atoms with Crippen molar-refractivity contribution in [1.82, 2.24) is 4.90 Å². The molecule has 7 nitrogen and oxygen atoms in total. The summed E-state index contributed by atoms with van der Waals surface area (Å²) in [5.41, 5.74) is 2.72.